The lowest BCUT2D eigenvalue weighted by molar-refractivity contribution is -0.109. The molecule has 0 unspecified atom stereocenters. The highest BCUT2D eigenvalue weighted by molar-refractivity contribution is 8.13. The van der Waals surface area contributed by atoms with Gasteiger partial charge in [-0.15, -0.1) is 0 Å². The monoisotopic (exact) mass is 222 g/mol. The second-order valence-electron chi connectivity index (χ2n) is 2.71. The van der Waals surface area contributed by atoms with E-state index >= 15 is 0 Å². The second kappa shape index (κ2) is 6.10. The van der Waals surface area contributed by atoms with Crippen LogP contribution in [-0.4, -0.2) is 17.2 Å². The molecular formula is C11H10O3S. The molecule has 1 heterocycles. The Kier molecular flexibility index (Phi) is 4.72. The molecule has 1 aromatic rings. The summed E-state index contributed by atoms with van der Waals surface area (Å²) in [5, 5.41) is 0.0954. The molecule has 0 aromatic carbocycles. The summed E-state index contributed by atoms with van der Waals surface area (Å²) < 4.78 is 5.05. The third-order valence-electron chi connectivity index (χ3n) is 1.49. The van der Waals surface area contributed by atoms with E-state index in [4.69, 9.17) is 4.42 Å². The fourth-order valence-corrected chi connectivity index (χ4v) is 1.37. The third-order valence-corrected chi connectivity index (χ3v) is 2.30. The molecule has 0 aliphatic rings. The van der Waals surface area contributed by atoms with E-state index < -0.39 is 0 Å². The molecule has 15 heavy (non-hydrogen) atoms. The van der Waals surface area contributed by atoms with Crippen LogP contribution in [-0.2, 0) is 4.79 Å². The molecule has 78 valence electrons. The molecule has 0 saturated carbocycles. The van der Waals surface area contributed by atoms with E-state index in [2.05, 4.69) is 11.8 Å². The van der Waals surface area contributed by atoms with Crippen LogP contribution in [0.5, 0.6) is 0 Å². The highest BCUT2D eigenvalue weighted by atomic mass is 32.2. The molecule has 1 rings (SSSR count). The van der Waals surface area contributed by atoms with Gasteiger partial charge in [0.25, 0.3) is 0 Å². The summed E-state index contributed by atoms with van der Waals surface area (Å²) in [7, 11) is 0. The van der Waals surface area contributed by atoms with Crippen molar-refractivity contribution < 1.29 is 14.0 Å². The molecule has 0 bridgehead atoms. The fraction of sp³-hybridized carbons (Fsp3) is 0.273. The van der Waals surface area contributed by atoms with Crippen molar-refractivity contribution in [2.45, 2.75) is 13.3 Å². The highest BCUT2D eigenvalue weighted by Crippen LogP contribution is 2.05. The minimum atomic E-state index is 0.0954. The second-order valence-corrected chi connectivity index (χ2v) is 3.98. The van der Waals surface area contributed by atoms with Gasteiger partial charge in [0.15, 0.2) is 22.9 Å². The molecule has 0 saturated heterocycles. The quantitative estimate of drug-likeness (QED) is 0.446. The van der Waals surface area contributed by atoms with Crippen LogP contribution in [0, 0.1) is 11.8 Å². The maximum Gasteiger partial charge on any atom is 0.185 e. The van der Waals surface area contributed by atoms with Crippen LogP contribution in [0.2, 0.25) is 0 Å². The molecule has 0 aliphatic heterocycles. The van der Waals surface area contributed by atoms with Crippen LogP contribution in [0.3, 0.4) is 0 Å². The Morgan fingerprint density at radius 2 is 2.40 bits per heavy atom. The molecule has 4 heteroatoms. The van der Waals surface area contributed by atoms with E-state index in [0.717, 1.165) is 0 Å². The van der Waals surface area contributed by atoms with Crippen LogP contribution in [0.1, 0.15) is 29.7 Å². The topological polar surface area (TPSA) is 47.3 Å². The number of thioether (sulfide) groups is 1. The zero-order valence-corrected chi connectivity index (χ0v) is 9.10. The number of hydrogen-bond donors (Lipinski definition) is 0. The van der Waals surface area contributed by atoms with E-state index in [1.165, 1.54) is 18.7 Å². The molecule has 0 spiro atoms. The van der Waals surface area contributed by atoms with Crippen molar-refractivity contribution >= 4 is 23.2 Å². The van der Waals surface area contributed by atoms with Crippen molar-refractivity contribution in [3.8, 4) is 11.8 Å². The Morgan fingerprint density at radius 3 is 3.00 bits per heavy atom. The number of carbonyl (C=O) groups excluding carboxylic acids is 2. The lowest BCUT2D eigenvalue weighted by Gasteiger charge is -1.87. The number of carbonyl (C=O) groups is 2. The average Bonchev–Trinajstić information content (AvgIpc) is 2.65. The van der Waals surface area contributed by atoms with Gasteiger partial charge in [0, 0.05) is 19.1 Å². The van der Waals surface area contributed by atoms with E-state index in [1.54, 1.807) is 12.1 Å². The predicted molar refractivity (Wildman–Crippen MR) is 58.7 cm³/mol. The van der Waals surface area contributed by atoms with Crippen molar-refractivity contribution in [1.29, 1.82) is 0 Å². The highest BCUT2D eigenvalue weighted by Gasteiger charge is 1.96. The molecule has 0 radical (unpaired) electrons. The van der Waals surface area contributed by atoms with Crippen LogP contribution in [0.25, 0.3) is 0 Å². The minimum Gasteiger partial charge on any atom is -0.445 e. The fourth-order valence-electron chi connectivity index (χ4n) is 0.879. The summed E-state index contributed by atoms with van der Waals surface area (Å²) in [6.07, 6.45) is 1.26. The molecular weight excluding hydrogens is 212 g/mol. The van der Waals surface area contributed by atoms with Crippen LogP contribution >= 0.6 is 11.8 Å². The van der Waals surface area contributed by atoms with Gasteiger partial charge in [-0.05, 0) is 18.1 Å². The number of aldehydes is 1. The first-order valence-electron chi connectivity index (χ1n) is 4.39. The van der Waals surface area contributed by atoms with E-state index in [0.29, 0.717) is 24.2 Å². The summed E-state index contributed by atoms with van der Waals surface area (Å²) in [5.41, 5.74) is 0. The minimum absolute atomic E-state index is 0.0954. The number of furan rings is 1. The SMILES string of the molecule is CC(=O)SCCC#Cc1ccc(C=O)o1. The maximum absolute atomic E-state index is 10.6. The lowest BCUT2D eigenvalue weighted by atomic mass is 10.4. The molecule has 1 aromatic heterocycles. The first-order valence-corrected chi connectivity index (χ1v) is 5.38. The number of rotatable bonds is 3. The van der Waals surface area contributed by atoms with Crippen molar-refractivity contribution in [2.24, 2.45) is 0 Å². The van der Waals surface area contributed by atoms with Gasteiger partial charge in [0.05, 0.1) is 0 Å². The van der Waals surface area contributed by atoms with Gasteiger partial charge in [0.1, 0.15) is 0 Å². The Bertz CT molecular complexity index is 409. The van der Waals surface area contributed by atoms with Gasteiger partial charge in [-0.3, -0.25) is 9.59 Å². The van der Waals surface area contributed by atoms with Gasteiger partial charge in [-0.2, -0.15) is 0 Å². The van der Waals surface area contributed by atoms with E-state index in [-0.39, 0.29) is 10.9 Å². The predicted octanol–water partition coefficient (Wildman–Crippen LogP) is 2.11. The third kappa shape index (κ3) is 4.52. The Balaban J connectivity index is 2.37. The van der Waals surface area contributed by atoms with Gasteiger partial charge < -0.3 is 4.42 Å². The van der Waals surface area contributed by atoms with E-state index in [1.807, 2.05) is 0 Å². The average molecular weight is 222 g/mol. The molecule has 0 fully saturated rings. The largest absolute Gasteiger partial charge is 0.445 e. The Labute approximate surface area is 92.2 Å². The van der Waals surface area contributed by atoms with Gasteiger partial charge in [-0.25, -0.2) is 0 Å². The zero-order valence-electron chi connectivity index (χ0n) is 8.28. The van der Waals surface area contributed by atoms with Crippen LogP contribution in [0.15, 0.2) is 16.5 Å². The summed E-state index contributed by atoms with van der Waals surface area (Å²) in [4.78, 5) is 20.9. The van der Waals surface area contributed by atoms with Crippen molar-refractivity contribution in [3.05, 3.63) is 23.7 Å². The summed E-state index contributed by atoms with van der Waals surface area (Å²) in [5.74, 6) is 7.07. The normalized spacial score (nSPS) is 9.13. The standard InChI is InChI=1S/C11H10O3S/c1-9(13)15-7-3-2-4-10-5-6-11(8-12)14-10/h5-6,8H,3,7H2,1H3. The Morgan fingerprint density at radius 1 is 1.60 bits per heavy atom. The molecule has 0 atom stereocenters. The molecule has 0 amide bonds. The van der Waals surface area contributed by atoms with Gasteiger partial charge in [0.2, 0.25) is 0 Å². The smallest absolute Gasteiger partial charge is 0.185 e. The molecule has 3 nitrogen and oxygen atoms in total. The van der Waals surface area contributed by atoms with Crippen molar-refractivity contribution in [2.75, 3.05) is 5.75 Å². The van der Waals surface area contributed by atoms with Crippen LogP contribution in [0.4, 0.5) is 0 Å². The van der Waals surface area contributed by atoms with Crippen molar-refractivity contribution in [3.63, 3.8) is 0 Å². The first-order chi connectivity index (χ1) is 7.22. The number of hydrogen-bond acceptors (Lipinski definition) is 4. The summed E-state index contributed by atoms with van der Waals surface area (Å²) >= 11 is 1.25. The summed E-state index contributed by atoms with van der Waals surface area (Å²) in [6, 6.07) is 3.22. The summed E-state index contributed by atoms with van der Waals surface area (Å²) in [6.45, 7) is 1.53. The Hall–Kier alpha value is -1.47. The van der Waals surface area contributed by atoms with Crippen molar-refractivity contribution in [1.82, 2.24) is 0 Å². The first kappa shape index (κ1) is 11.6. The molecule has 0 N–H and O–H groups in total. The maximum atomic E-state index is 10.6. The van der Waals surface area contributed by atoms with Gasteiger partial charge in [-0.1, -0.05) is 17.7 Å². The lowest BCUT2D eigenvalue weighted by Crippen LogP contribution is -1.83. The zero-order chi connectivity index (χ0) is 11.1. The molecule has 0 aliphatic carbocycles. The van der Waals surface area contributed by atoms with Gasteiger partial charge >= 0.3 is 0 Å². The van der Waals surface area contributed by atoms with E-state index in [9.17, 15) is 9.59 Å². The van der Waals surface area contributed by atoms with Crippen LogP contribution < -0.4 is 0 Å².